The Kier molecular flexibility index (Phi) is 4.91. The van der Waals surface area contributed by atoms with Gasteiger partial charge in [0.25, 0.3) is 0 Å². The van der Waals surface area contributed by atoms with Crippen molar-refractivity contribution in [2.45, 2.75) is 19.8 Å². The SMILES string of the molecule is Cc1ccc2[nH]cc(C(/C(=N/O)c3ccc(Br)cc3)c3c[nH]c4ccc(C)cc34)c2c1. The van der Waals surface area contributed by atoms with Gasteiger partial charge in [-0.3, -0.25) is 0 Å². The second-order valence-corrected chi connectivity index (χ2v) is 8.93. The Balaban J connectivity index is 1.80. The van der Waals surface area contributed by atoms with Gasteiger partial charge in [0.15, 0.2) is 0 Å². The topological polar surface area (TPSA) is 64.2 Å². The lowest BCUT2D eigenvalue weighted by Crippen LogP contribution is -2.15. The molecular weight excluding hydrogens is 450 g/mol. The highest BCUT2D eigenvalue weighted by molar-refractivity contribution is 9.10. The number of hydrogen-bond donors (Lipinski definition) is 3. The minimum absolute atomic E-state index is 0.253. The van der Waals surface area contributed by atoms with Crippen molar-refractivity contribution in [3.05, 3.63) is 105 Å². The van der Waals surface area contributed by atoms with Gasteiger partial charge in [-0.25, -0.2) is 0 Å². The third kappa shape index (κ3) is 3.45. The Morgan fingerprint density at radius 3 is 1.81 bits per heavy atom. The first kappa shape index (κ1) is 19.6. The molecule has 0 aliphatic heterocycles. The molecule has 0 bridgehead atoms. The number of nitrogens with zero attached hydrogens (tertiary/aromatic N) is 1. The molecule has 4 nitrogen and oxygen atoms in total. The molecule has 2 aromatic heterocycles. The van der Waals surface area contributed by atoms with Crippen molar-refractivity contribution in [1.82, 2.24) is 9.97 Å². The second-order valence-electron chi connectivity index (χ2n) is 8.01. The van der Waals surface area contributed by atoms with Gasteiger partial charge in [0.05, 0.1) is 11.6 Å². The van der Waals surface area contributed by atoms with E-state index in [1.807, 2.05) is 36.7 Å². The molecular formula is C26H22BrN3O. The van der Waals surface area contributed by atoms with Crippen molar-refractivity contribution in [3.8, 4) is 0 Å². The first-order chi connectivity index (χ1) is 15.0. The van der Waals surface area contributed by atoms with Crippen molar-refractivity contribution in [1.29, 1.82) is 0 Å². The van der Waals surface area contributed by atoms with Crippen molar-refractivity contribution in [2.75, 3.05) is 0 Å². The van der Waals surface area contributed by atoms with Crippen LogP contribution in [-0.2, 0) is 0 Å². The molecule has 3 N–H and O–H groups in total. The van der Waals surface area contributed by atoms with Crippen molar-refractivity contribution >= 4 is 43.4 Å². The second kappa shape index (κ2) is 7.75. The number of fused-ring (bicyclic) bond motifs is 2. The van der Waals surface area contributed by atoms with Crippen LogP contribution in [0.1, 0.15) is 33.7 Å². The molecule has 2 heterocycles. The largest absolute Gasteiger partial charge is 0.411 e. The molecule has 0 atom stereocenters. The number of aryl methyl sites for hydroxylation is 2. The summed E-state index contributed by atoms with van der Waals surface area (Å²) in [6, 6.07) is 20.7. The maximum absolute atomic E-state index is 10.2. The fourth-order valence-corrected chi connectivity index (χ4v) is 4.62. The van der Waals surface area contributed by atoms with Gasteiger partial charge in [-0.15, -0.1) is 0 Å². The number of benzene rings is 3. The standard InChI is InChI=1S/C26H22BrN3O/c1-15-3-9-23-19(11-15)21(13-28-23)25(26(30-31)17-5-7-18(27)8-6-17)22-14-29-24-10-4-16(2)12-20(22)24/h3-14,25,28-29,31H,1-2H3/b30-26+. The fourth-order valence-electron chi connectivity index (χ4n) is 4.35. The van der Waals surface area contributed by atoms with Crippen LogP contribution in [0.4, 0.5) is 0 Å². The summed E-state index contributed by atoms with van der Waals surface area (Å²) in [5, 5.41) is 16.3. The third-order valence-corrected chi connectivity index (χ3v) is 6.41. The van der Waals surface area contributed by atoms with Crippen molar-refractivity contribution < 1.29 is 5.21 Å². The van der Waals surface area contributed by atoms with Gasteiger partial charge >= 0.3 is 0 Å². The highest BCUT2D eigenvalue weighted by Crippen LogP contribution is 2.38. The van der Waals surface area contributed by atoms with Crippen LogP contribution in [0.3, 0.4) is 0 Å². The molecule has 0 fully saturated rings. The molecule has 0 spiro atoms. The van der Waals surface area contributed by atoms with E-state index < -0.39 is 0 Å². The number of hydrogen-bond acceptors (Lipinski definition) is 2. The summed E-state index contributed by atoms with van der Waals surface area (Å²) in [5.74, 6) is -0.253. The van der Waals surface area contributed by atoms with Crippen molar-refractivity contribution in [3.63, 3.8) is 0 Å². The van der Waals surface area contributed by atoms with E-state index in [0.717, 1.165) is 43.0 Å². The predicted molar refractivity (Wildman–Crippen MR) is 130 cm³/mol. The Morgan fingerprint density at radius 2 is 1.32 bits per heavy atom. The van der Waals surface area contributed by atoms with Gasteiger partial charge in [0.1, 0.15) is 0 Å². The number of aromatic amines is 2. The molecule has 0 unspecified atom stereocenters. The summed E-state index contributed by atoms with van der Waals surface area (Å²) in [6.45, 7) is 4.19. The first-order valence-electron chi connectivity index (χ1n) is 10.2. The monoisotopic (exact) mass is 471 g/mol. The number of nitrogens with one attached hydrogen (secondary N) is 2. The Labute approximate surface area is 188 Å². The Morgan fingerprint density at radius 1 is 0.806 bits per heavy atom. The summed E-state index contributed by atoms with van der Waals surface area (Å²) in [7, 11) is 0. The molecule has 0 saturated carbocycles. The molecule has 0 radical (unpaired) electrons. The van der Waals surface area contributed by atoms with Crippen LogP contribution >= 0.6 is 15.9 Å². The van der Waals surface area contributed by atoms with Crippen LogP contribution in [0, 0.1) is 13.8 Å². The number of rotatable bonds is 4. The van der Waals surface area contributed by atoms with Gasteiger partial charge < -0.3 is 15.2 Å². The summed E-state index contributed by atoms with van der Waals surface area (Å²) in [5.41, 5.74) is 8.15. The van der Waals surface area contributed by atoms with E-state index in [2.05, 4.69) is 81.3 Å². The van der Waals surface area contributed by atoms with Gasteiger partial charge in [-0.2, -0.15) is 0 Å². The van der Waals surface area contributed by atoms with Crippen molar-refractivity contribution in [2.24, 2.45) is 5.16 Å². The number of halogens is 1. The van der Waals surface area contributed by atoms with E-state index in [1.54, 1.807) is 0 Å². The van der Waals surface area contributed by atoms with Crippen LogP contribution in [0.15, 0.2) is 82.7 Å². The summed E-state index contributed by atoms with van der Waals surface area (Å²) >= 11 is 3.50. The Bertz CT molecular complexity index is 1350. The maximum Gasteiger partial charge on any atom is 0.0988 e. The molecule has 3 aromatic carbocycles. The number of oxime groups is 1. The van der Waals surface area contributed by atoms with Crippen LogP contribution in [-0.4, -0.2) is 20.9 Å². The van der Waals surface area contributed by atoms with E-state index in [9.17, 15) is 5.21 Å². The first-order valence-corrected chi connectivity index (χ1v) is 11.0. The molecule has 5 aromatic rings. The van der Waals surface area contributed by atoms with Crippen LogP contribution in [0.2, 0.25) is 0 Å². The van der Waals surface area contributed by atoms with Gasteiger partial charge in [-0.05, 0) is 61.4 Å². The van der Waals surface area contributed by atoms with E-state index in [1.165, 1.54) is 11.1 Å². The normalized spacial score (nSPS) is 12.3. The lowest BCUT2D eigenvalue weighted by Gasteiger charge is -2.19. The zero-order valence-corrected chi connectivity index (χ0v) is 18.9. The predicted octanol–water partition coefficient (Wildman–Crippen LogP) is 7.04. The van der Waals surface area contributed by atoms with Gasteiger partial charge in [0, 0.05) is 44.2 Å². The zero-order chi connectivity index (χ0) is 21.5. The highest BCUT2D eigenvalue weighted by atomic mass is 79.9. The average Bonchev–Trinajstić information content (AvgIpc) is 3.36. The molecule has 31 heavy (non-hydrogen) atoms. The highest BCUT2D eigenvalue weighted by Gasteiger charge is 2.28. The van der Waals surface area contributed by atoms with E-state index in [-0.39, 0.29) is 5.92 Å². The third-order valence-electron chi connectivity index (χ3n) is 5.88. The smallest absolute Gasteiger partial charge is 0.0988 e. The van der Waals surface area contributed by atoms with E-state index in [0.29, 0.717) is 5.71 Å². The molecule has 0 saturated heterocycles. The quantitative estimate of drug-likeness (QED) is 0.147. The molecule has 0 aliphatic rings. The minimum Gasteiger partial charge on any atom is -0.411 e. The summed E-state index contributed by atoms with van der Waals surface area (Å²) in [6.07, 6.45) is 4.07. The van der Waals surface area contributed by atoms with Crippen LogP contribution in [0.25, 0.3) is 21.8 Å². The fraction of sp³-hybridized carbons (Fsp3) is 0.115. The van der Waals surface area contributed by atoms with E-state index in [4.69, 9.17) is 0 Å². The lowest BCUT2D eigenvalue weighted by molar-refractivity contribution is 0.317. The molecule has 154 valence electrons. The Hall–Kier alpha value is -3.31. The van der Waals surface area contributed by atoms with Gasteiger partial charge in [-0.1, -0.05) is 56.5 Å². The summed E-state index contributed by atoms with van der Waals surface area (Å²) in [4.78, 5) is 6.80. The average molecular weight is 472 g/mol. The minimum atomic E-state index is -0.253. The number of H-pyrrole nitrogens is 2. The lowest BCUT2D eigenvalue weighted by atomic mass is 9.83. The zero-order valence-electron chi connectivity index (χ0n) is 17.3. The van der Waals surface area contributed by atoms with Crippen LogP contribution in [0.5, 0.6) is 0 Å². The maximum atomic E-state index is 10.2. The molecule has 5 rings (SSSR count). The summed E-state index contributed by atoms with van der Waals surface area (Å²) < 4.78 is 0.982. The van der Waals surface area contributed by atoms with Crippen LogP contribution < -0.4 is 0 Å². The molecule has 5 heteroatoms. The molecule has 0 aliphatic carbocycles. The van der Waals surface area contributed by atoms with Gasteiger partial charge in [0.2, 0.25) is 0 Å². The van der Waals surface area contributed by atoms with E-state index >= 15 is 0 Å². The number of aromatic nitrogens is 2. The molecule has 0 amide bonds.